The number of phenols is 1. The molecule has 0 spiro atoms. The summed E-state index contributed by atoms with van der Waals surface area (Å²) in [6.45, 7) is 7.21. The fourth-order valence-corrected chi connectivity index (χ4v) is 1.17. The Balaban J connectivity index is 2.85. The maximum absolute atomic E-state index is 11.4. The van der Waals surface area contributed by atoms with Crippen molar-refractivity contribution in [3.8, 4) is 17.6 Å². The SMILES string of the molecule is Cc1ccc(O)c(C#CC(=O)OC(C)(C)C)c1. The lowest BCUT2D eigenvalue weighted by atomic mass is 10.1. The third kappa shape index (κ3) is 4.60. The number of aromatic hydroxyl groups is 1. The molecule has 0 bridgehead atoms. The summed E-state index contributed by atoms with van der Waals surface area (Å²) >= 11 is 0. The van der Waals surface area contributed by atoms with E-state index in [-0.39, 0.29) is 5.75 Å². The van der Waals surface area contributed by atoms with Gasteiger partial charge >= 0.3 is 5.97 Å². The summed E-state index contributed by atoms with van der Waals surface area (Å²) in [6.07, 6.45) is 0. The van der Waals surface area contributed by atoms with Crippen molar-refractivity contribution in [3.63, 3.8) is 0 Å². The van der Waals surface area contributed by atoms with Crippen molar-refractivity contribution in [2.45, 2.75) is 33.3 Å². The van der Waals surface area contributed by atoms with Crippen molar-refractivity contribution >= 4 is 5.97 Å². The van der Waals surface area contributed by atoms with Gasteiger partial charge in [-0.2, -0.15) is 0 Å². The highest BCUT2D eigenvalue weighted by molar-refractivity contribution is 5.89. The first-order valence-electron chi connectivity index (χ1n) is 5.32. The quantitative estimate of drug-likeness (QED) is 0.552. The van der Waals surface area contributed by atoms with E-state index in [0.717, 1.165) is 5.56 Å². The Morgan fingerprint density at radius 2 is 2.00 bits per heavy atom. The molecule has 0 aliphatic carbocycles. The summed E-state index contributed by atoms with van der Waals surface area (Å²) in [5.41, 5.74) is 0.840. The van der Waals surface area contributed by atoms with Crippen LogP contribution in [0.25, 0.3) is 0 Å². The molecule has 17 heavy (non-hydrogen) atoms. The maximum Gasteiger partial charge on any atom is 0.385 e. The molecular weight excluding hydrogens is 216 g/mol. The van der Waals surface area contributed by atoms with Crippen molar-refractivity contribution in [2.24, 2.45) is 0 Å². The van der Waals surface area contributed by atoms with Gasteiger partial charge in [0.05, 0.1) is 5.56 Å². The van der Waals surface area contributed by atoms with Gasteiger partial charge in [-0.05, 0) is 45.4 Å². The first kappa shape index (κ1) is 13.1. The number of ether oxygens (including phenoxy) is 1. The maximum atomic E-state index is 11.4. The molecule has 1 rings (SSSR count). The predicted octanol–water partition coefficient (Wildman–Crippen LogP) is 2.39. The number of aryl methyl sites for hydroxylation is 1. The van der Waals surface area contributed by atoms with E-state index in [0.29, 0.717) is 5.56 Å². The van der Waals surface area contributed by atoms with Gasteiger partial charge in [0.15, 0.2) is 0 Å². The highest BCUT2D eigenvalue weighted by atomic mass is 16.6. The first-order chi connectivity index (χ1) is 7.78. The number of esters is 1. The minimum atomic E-state index is -0.599. The summed E-state index contributed by atoms with van der Waals surface area (Å²) in [5.74, 6) is 4.42. The van der Waals surface area contributed by atoms with E-state index < -0.39 is 11.6 Å². The standard InChI is InChI=1S/C14H16O3/c1-10-5-7-12(15)11(9-10)6-8-13(16)17-14(2,3)4/h5,7,9,15H,1-4H3. The van der Waals surface area contributed by atoms with E-state index in [4.69, 9.17) is 4.74 Å². The van der Waals surface area contributed by atoms with Crippen LogP contribution in [-0.2, 0) is 9.53 Å². The molecule has 0 saturated heterocycles. The van der Waals surface area contributed by atoms with Crippen LogP contribution in [0, 0.1) is 18.8 Å². The van der Waals surface area contributed by atoms with E-state index in [1.807, 2.05) is 6.92 Å². The molecule has 0 unspecified atom stereocenters. The third-order valence-electron chi connectivity index (χ3n) is 1.85. The molecule has 0 aromatic heterocycles. The number of rotatable bonds is 0. The topological polar surface area (TPSA) is 46.5 Å². The normalized spacial score (nSPS) is 10.4. The Labute approximate surface area is 101 Å². The zero-order valence-corrected chi connectivity index (χ0v) is 10.5. The minimum absolute atomic E-state index is 0.0617. The average molecular weight is 232 g/mol. The van der Waals surface area contributed by atoms with Crippen LogP contribution in [-0.4, -0.2) is 16.7 Å². The van der Waals surface area contributed by atoms with Crippen LogP contribution in [0.3, 0.4) is 0 Å². The molecule has 0 atom stereocenters. The van der Waals surface area contributed by atoms with Gasteiger partial charge in [-0.1, -0.05) is 12.0 Å². The third-order valence-corrected chi connectivity index (χ3v) is 1.85. The van der Waals surface area contributed by atoms with Gasteiger partial charge in [0.1, 0.15) is 11.4 Å². The average Bonchev–Trinajstić information content (AvgIpc) is 2.17. The first-order valence-corrected chi connectivity index (χ1v) is 5.32. The Hall–Kier alpha value is -1.95. The Kier molecular flexibility index (Phi) is 3.80. The van der Waals surface area contributed by atoms with Crippen molar-refractivity contribution in [3.05, 3.63) is 29.3 Å². The van der Waals surface area contributed by atoms with Gasteiger partial charge in [-0.15, -0.1) is 0 Å². The molecule has 1 N–H and O–H groups in total. The van der Waals surface area contributed by atoms with Crippen LogP contribution >= 0.6 is 0 Å². The number of hydrogen-bond donors (Lipinski definition) is 1. The summed E-state index contributed by atoms with van der Waals surface area (Å²) in [7, 11) is 0. The lowest BCUT2D eigenvalue weighted by molar-refractivity contribution is -0.147. The van der Waals surface area contributed by atoms with E-state index in [1.54, 1.807) is 39.0 Å². The van der Waals surface area contributed by atoms with Gasteiger partial charge < -0.3 is 9.84 Å². The number of carbonyl (C=O) groups is 1. The molecule has 0 radical (unpaired) electrons. The molecular formula is C14H16O3. The van der Waals surface area contributed by atoms with Gasteiger partial charge in [-0.25, -0.2) is 4.79 Å². The lowest BCUT2D eigenvalue weighted by Gasteiger charge is -2.16. The van der Waals surface area contributed by atoms with Crippen LogP contribution in [0.4, 0.5) is 0 Å². The summed E-state index contributed by atoms with van der Waals surface area (Å²) in [5, 5.41) is 9.53. The monoisotopic (exact) mass is 232 g/mol. The molecule has 90 valence electrons. The van der Waals surface area contributed by atoms with Crippen LogP contribution < -0.4 is 0 Å². The largest absolute Gasteiger partial charge is 0.507 e. The summed E-state index contributed by atoms with van der Waals surface area (Å²) < 4.78 is 5.04. The van der Waals surface area contributed by atoms with Crippen molar-refractivity contribution in [2.75, 3.05) is 0 Å². The highest BCUT2D eigenvalue weighted by Gasteiger charge is 2.14. The molecule has 3 heteroatoms. The zero-order valence-electron chi connectivity index (χ0n) is 10.5. The fraction of sp³-hybridized carbons (Fsp3) is 0.357. The predicted molar refractivity (Wildman–Crippen MR) is 65.6 cm³/mol. The second-order valence-corrected chi connectivity index (χ2v) is 4.77. The second kappa shape index (κ2) is 4.92. The number of carbonyl (C=O) groups excluding carboxylic acids is 1. The Morgan fingerprint density at radius 3 is 2.59 bits per heavy atom. The van der Waals surface area contributed by atoms with Gasteiger partial charge in [-0.3, -0.25) is 0 Å². The van der Waals surface area contributed by atoms with Crippen molar-refractivity contribution < 1.29 is 14.6 Å². The molecule has 0 fully saturated rings. The Bertz CT molecular complexity index is 484. The fourth-order valence-electron chi connectivity index (χ4n) is 1.17. The molecule has 0 heterocycles. The van der Waals surface area contributed by atoms with E-state index in [9.17, 15) is 9.90 Å². The van der Waals surface area contributed by atoms with Crippen molar-refractivity contribution in [1.82, 2.24) is 0 Å². The molecule has 0 amide bonds. The van der Waals surface area contributed by atoms with E-state index >= 15 is 0 Å². The molecule has 0 aliphatic rings. The molecule has 1 aromatic carbocycles. The number of phenolic OH excluding ortho intramolecular Hbond substituents is 1. The zero-order chi connectivity index (χ0) is 13.1. The van der Waals surface area contributed by atoms with E-state index in [2.05, 4.69) is 11.8 Å². The molecule has 1 aromatic rings. The highest BCUT2D eigenvalue weighted by Crippen LogP contribution is 2.16. The van der Waals surface area contributed by atoms with Crippen LogP contribution in [0.2, 0.25) is 0 Å². The molecule has 3 nitrogen and oxygen atoms in total. The van der Waals surface area contributed by atoms with Crippen LogP contribution in [0.1, 0.15) is 31.9 Å². The van der Waals surface area contributed by atoms with Gasteiger partial charge in [0.25, 0.3) is 0 Å². The smallest absolute Gasteiger partial charge is 0.385 e. The van der Waals surface area contributed by atoms with Crippen LogP contribution in [0.5, 0.6) is 5.75 Å². The van der Waals surface area contributed by atoms with Crippen LogP contribution in [0.15, 0.2) is 18.2 Å². The molecule has 0 saturated carbocycles. The second-order valence-electron chi connectivity index (χ2n) is 4.77. The van der Waals surface area contributed by atoms with Gasteiger partial charge in [0, 0.05) is 5.92 Å². The van der Waals surface area contributed by atoms with Gasteiger partial charge in [0.2, 0.25) is 0 Å². The number of benzene rings is 1. The Morgan fingerprint density at radius 1 is 1.35 bits per heavy atom. The van der Waals surface area contributed by atoms with E-state index in [1.165, 1.54) is 0 Å². The molecule has 0 aliphatic heterocycles. The number of hydrogen-bond acceptors (Lipinski definition) is 3. The minimum Gasteiger partial charge on any atom is -0.507 e. The summed E-state index contributed by atoms with van der Waals surface area (Å²) in [4.78, 5) is 11.4. The van der Waals surface area contributed by atoms with Crippen molar-refractivity contribution in [1.29, 1.82) is 0 Å². The lowest BCUT2D eigenvalue weighted by Crippen LogP contribution is -2.22. The summed E-state index contributed by atoms with van der Waals surface area (Å²) in [6, 6.07) is 5.04.